The SMILES string of the molecule is CS(=O)(=NS(=O)(=O)c1ccccc1)c1ccc(C(F)(F)F)cn1. The number of sulfonamides is 1. The first-order chi connectivity index (χ1) is 10.5. The molecule has 0 spiro atoms. The van der Waals surface area contributed by atoms with Crippen molar-refractivity contribution in [3.63, 3.8) is 0 Å². The fourth-order valence-electron chi connectivity index (χ4n) is 1.63. The number of hydrogen-bond donors (Lipinski definition) is 0. The van der Waals surface area contributed by atoms with Gasteiger partial charge in [0.1, 0.15) is 14.8 Å². The summed E-state index contributed by atoms with van der Waals surface area (Å²) in [4.78, 5) is 3.28. The van der Waals surface area contributed by atoms with Gasteiger partial charge in [0.15, 0.2) is 0 Å². The molecular weight excluding hydrogens is 353 g/mol. The minimum absolute atomic E-state index is 0.165. The van der Waals surface area contributed by atoms with Crippen molar-refractivity contribution in [1.29, 1.82) is 0 Å². The molecule has 0 aliphatic heterocycles. The molecule has 1 aromatic carbocycles. The number of alkyl halides is 3. The molecule has 0 amide bonds. The standard InChI is InChI=1S/C13H11F3N2O3S2/c1-22(19,12-8-7-10(9-17-12)13(14,15)16)18-23(20,21)11-5-3-2-4-6-11/h2-9H,1H3. The maximum atomic E-state index is 12.5. The average Bonchev–Trinajstić information content (AvgIpc) is 2.46. The van der Waals surface area contributed by atoms with E-state index in [2.05, 4.69) is 8.75 Å². The lowest BCUT2D eigenvalue weighted by atomic mass is 10.3. The maximum absolute atomic E-state index is 12.5. The van der Waals surface area contributed by atoms with Gasteiger partial charge >= 0.3 is 6.18 Å². The van der Waals surface area contributed by atoms with Crippen LogP contribution in [0.3, 0.4) is 0 Å². The van der Waals surface area contributed by atoms with E-state index in [1.54, 1.807) is 6.07 Å². The molecule has 5 nitrogen and oxygen atoms in total. The third-order valence-corrected chi connectivity index (χ3v) is 6.54. The predicted octanol–water partition coefficient (Wildman–Crippen LogP) is 2.95. The number of benzene rings is 1. The molecule has 1 aromatic heterocycles. The van der Waals surface area contributed by atoms with E-state index in [0.717, 1.165) is 12.3 Å². The average molecular weight is 364 g/mol. The summed E-state index contributed by atoms with van der Waals surface area (Å²) in [5.41, 5.74) is -1.03. The second kappa shape index (κ2) is 5.93. The van der Waals surface area contributed by atoms with Gasteiger partial charge < -0.3 is 0 Å². The molecule has 2 aromatic rings. The Hall–Kier alpha value is -1.94. The highest BCUT2D eigenvalue weighted by Crippen LogP contribution is 2.29. The van der Waals surface area contributed by atoms with Crippen LogP contribution in [0.25, 0.3) is 0 Å². The van der Waals surface area contributed by atoms with Crippen LogP contribution in [0.2, 0.25) is 0 Å². The Morgan fingerprint density at radius 1 is 1.00 bits per heavy atom. The molecule has 1 unspecified atom stereocenters. The molecule has 10 heteroatoms. The van der Waals surface area contributed by atoms with Crippen molar-refractivity contribution in [2.24, 2.45) is 3.77 Å². The van der Waals surface area contributed by atoms with E-state index in [9.17, 15) is 25.8 Å². The van der Waals surface area contributed by atoms with Crippen LogP contribution in [0.1, 0.15) is 5.56 Å². The van der Waals surface area contributed by atoms with Gasteiger partial charge in [0.2, 0.25) is 0 Å². The van der Waals surface area contributed by atoms with E-state index in [-0.39, 0.29) is 9.92 Å². The molecule has 0 aliphatic carbocycles. The zero-order valence-electron chi connectivity index (χ0n) is 11.7. The molecule has 124 valence electrons. The maximum Gasteiger partial charge on any atom is 0.417 e. The minimum Gasteiger partial charge on any atom is -0.246 e. The van der Waals surface area contributed by atoms with E-state index in [0.29, 0.717) is 12.3 Å². The Bertz CT molecular complexity index is 915. The van der Waals surface area contributed by atoms with Crippen LogP contribution in [0.4, 0.5) is 13.2 Å². The van der Waals surface area contributed by atoms with Crippen molar-refractivity contribution in [1.82, 2.24) is 4.98 Å². The first-order valence-electron chi connectivity index (χ1n) is 6.09. The van der Waals surface area contributed by atoms with E-state index in [1.807, 2.05) is 0 Å². The Kier molecular flexibility index (Phi) is 4.49. The fraction of sp³-hybridized carbons (Fsp3) is 0.154. The number of pyridine rings is 1. The normalized spacial score (nSPS) is 15.0. The fourth-order valence-corrected chi connectivity index (χ4v) is 4.85. The summed E-state index contributed by atoms with van der Waals surface area (Å²) in [5.74, 6) is 0. The van der Waals surface area contributed by atoms with Crippen LogP contribution in [-0.2, 0) is 25.9 Å². The summed E-state index contributed by atoms with van der Waals surface area (Å²) >= 11 is 0. The van der Waals surface area contributed by atoms with Crippen LogP contribution in [0.5, 0.6) is 0 Å². The number of rotatable bonds is 3. The van der Waals surface area contributed by atoms with Crippen molar-refractivity contribution in [2.45, 2.75) is 16.1 Å². The quantitative estimate of drug-likeness (QED) is 0.839. The predicted molar refractivity (Wildman–Crippen MR) is 77.6 cm³/mol. The van der Waals surface area contributed by atoms with Gasteiger partial charge in [-0.05, 0) is 24.3 Å². The van der Waals surface area contributed by atoms with Gasteiger partial charge in [0.05, 0.1) is 10.5 Å². The van der Waals surface area contributed by atoms with Crippen molar-refractivity contribution in [3.8, 4) is 0 Å². The molecule has 0 fully saturated rings. The second-order valence-corrected chi connectivity index (χ2v) is 8.59. The number of hydrogen-bond acceptors (Lipinski definition) is 4. The van der Waals surface area contributed by atoms with E-state index in [4.69, 9.17) is 0 Å². The van der Waals surface area contributed by atoms with Gasteiger partial charge in [-0.2, -0.15) is 21.6 Å². The summed E-state index contributed by atoms with van der Waals surface area (Å²) < 4.78 is 77.4. The molecule has 23 heavy (non-hydrogen) atoms. The van der Waals surface area contributed by atoms with Gasteiger partial charge in [-0.15, -0.1) is 3.77 Å². The summed E-state index contributed by atoms with van der Waals surface area (Å²) in [7, 11) is -7.74. The third kappa shape index (κ3) is 4.08. The lowest BCUT2D eigenvalue weighted by Crippen LogP contribution is -2.09. The van der Waals surface area contributed by atoms with Crippen LogP contribution in [-0.4, -0.2) is 23.9 Å². The smallest absolute Gasteiger partial charge is 0.246 e. The molecular formula is C13H11F3N2O3S2. The number of halogens is 3. The Morgan fingerprint density at radius 2 is 1.61 bits per heavy atom. The van der Waals surface area contributed by atoms with E-state index in [1.165, 1.54) is 24.3 Å². The Morgan fingerprint density at radius 3 is 2.09 bits per heavy atom. The van der Waals surface area contributed by atoms with Gasteiger partial charge in [-0.25, -0.2) is 9.19 Å². The van der Waals surface area contributed by atoms with Crippen molar-refractivity contribution >= 4 is 19.8 Å². The summed E-state index contributed by atoms with van der Waals surface area (Å²) in [6.07, 6.45) is -3.10. The zero-order valence-corrected chi connectivity index (χ0v) is 13.3. The van der Waals surface area contributed by atoms with Gasteiger partial charge in [-0.1, -0.05) is 18.2 Å². The first-order valence-corrected chi connectivity index (χ1v) is 9.45. The molecule has 0 saturated heterocycles. The number of nitrogens with zero attached hydrogens (tertiary/aromatic N) is 2. The monoisotopic (exact) mass is 364 g/mol. The van der Waals surface area contributed by atoms with Gasteiger partial charge in [-0.3, -0.25) is 0 Å². The van der Waals surface area contributed by atoms with Crippen LogP contribution >= 0.6 is 0 Å². The zero-order chi connectivity index (χ0) is 17.3. The third-order valence-electron chi connectivity index (χ3n) is 2.73. The first kappa shape index (κ1) is 17.4. The summed E-state index contributed by atoms with van der Waals surface area (Å²) in [5, 5.41) is -0.343. The molecule has 0 aliphatic rings. The topological polar surface area (TPSA) is 76.5 Å². The van der Waals surface area contributed by atoms with Crippen LogP contribution in [0, 0.1) is 0 Å². The largest absolute Gasteiger partial charge is 0.417 e. The summed E-state index contributed by atoms with van der Waals surface area (Å²) in [6, 6.07) is 8.61. The molecule has 0 saturated carbocycles. The minimum atomic E-state index is -4.59. The van der Waals surface area contributed by atoms with Crippen molar-refractivity contribution in [2.75, 3.05) is 6.26 Å². The van der Waals surface area contributed by atoms with E-state index >= 15 is 0 Å². The van der Waals surface area contributed by atoms with Crippen molar-refractivity contribution < 1.29 is 25.8 Å². The highest BCUT2D eigenvalue weighted by Gasteiger charge is 2.31. The second-order valence-electron chi connectivity index (χ2n) is 4.55. The molecule has 0 N–H and O–H groups in total. The van der Waals surface area contributed by atoms with Crippen LogP contribution < -0.4 is 0 Å². The van der Waals surface area contributed by atoms with Gasteiger partial charge in [0.25, 0.3) is 10.0 Å². The number of aromatic nitrogens is 1. The lowest BCUT2D eigenvalue weighted by Gasteiger charge is -2.08. The summed E-state index contributed by atoms with van der Waals surface area (Å²) in [6.45, 7) is 0. The molecule has 1 atom stereocenters. The van der Waals surface area contributed by atoms with Crippen LogP contribution in [0.15, 0.2) is 62.4 Å². The molecule has 0 radical (unpaired) electrons. The molecule has 0 bridgehead atoms. The highest BCUT2D eigenvalue weighted by atomic mass is 32.3. The molecule has 1 heterocycles. The lowest BCUT2D eigenvalue weighted by molar-refractivity contribution is -0.137. The molecule has 2 rings (SSSR count). The van der Waals surface area contributed by atoms with Crippen molar-refractivity contribution in [3.05, 3.63) is 54.2 Å². The van der Waals surface area contributed by atoms with E-state index < -0.39 is 31.5 Å². The Labute approximate surface area is 131 Å². The Balaban J connectivity index is 2.48. The van der Waals surface area contributed by atoms with Gasteiger partial charge in [0, 0.05) is 12.5 Å². The highest BCUT2D eigenvalue weighted by molar-refractivity contribution is 8.02.